The smallest absolute Gasteiger partial charge is 0.241 e. The number of nitrogens with two attached hydrogens (primary N) is 1. The number of Topliss-reactive ketones (excluding diaryl/α,β-unsaturated/α-hetero) is 1. The second kappa shape index (κ2) is 5.70. The lowest BCUT2D eigenvalue weighted by atomic mass is 10.1. The van der Waals surface area contributed by atoms with Crippen molar-refractivity contribution in [3.05, 3.63) is 34.2 Å². The lowest BCUT2D eigenvalue weighted by molar-refractivity contribution is 0.0968. The van der Waals surface area contributed by atoms with E-state index in [-0.39, 0.29) is 16.2 Å². The number of hydrogen-bond donors (Lipinski definition) is 1. The van der Waals surface area contributed by atoms with Gasteiger partial charge in [-0.1, -0.05) is 5.11 Å². The van der Waals surface area contributed by atoms with E-state index < -0.39 is 21.8 Å². The molecule has 2 N–H and O–H groups in total. The normalized spacial score (nSPS) is 12.4. The standard InChI is InChI=1S/C10H12N4O4S/c1-6(13-14-11)10(15)7-3-4-8(18-2)9(5-7)19(12,16)17/h3-6H,1-2H3,(H2,12,16,17)/t6-/m0/s1. The molecule has 0 heterocycles. The number of hydrogen-bond acceptors (Lipinski definition) is 5. The maximum Gasteiger partial charge on any atom is 0.241 e. The van der Waals surface area contributed by atoms with E-state index in [1.165, 1.54) is 26.2 Å². The van der Waals surface area contributed by atoms with Gasteiger partial charge in [-0.2, -0.15) is 0 Å². The van der Waals surface area contributed by atoms with Gasteiger partial charge in [-0.25, -0.2) is 13.6 Å². The number of benzene rings is 1. The molecule has 102 valence electrons. The molecule has 0 aliphatic heterocycles. The Morgan fingerprint density at radius 3 is 2.63 bits per heavy atom. The molecule has 8 nitrogen and oxygen atoms in total. The predicted molar refractivity (Wildman–Crippen MR) is 67.3 cm³/mol. The molecule has 1 rings (SSSR count). The molecule has 1 aromatic rings. The Hall–Kier alpha value is -2.09. The summed E-state index contributed by atoms with van der Waals surface area (Å²) in [5.41, 5.74) is 8.34. The number of sulfonamides is 1. The molecule has 1 aromatic carbocycles. The third kappa shape index (κ3) is 3.44. The van der Waals surface area contributed by atoms with E-state index in [1.54, 1.807) is 0 Å². The molecule has 1 atom stereocenters. The number of azide groups is 1. The highest BCUT2D eigenvalue weighted by Gasteiger charge is 2.20. The summed E-state index contributed by atoms with van der Waals surface area (Å²) in [5.74, 6) is -0.471. The van der Waals surface area contributed by atoms with E-state index in [2.05, 4.69) is 10.0 Å². The largest absolute Gasteiger partial charge is 0.495 e. The van der Waals surface area contributed by atoms with Gasteiger partial charge in [0.2, 0.25) is 10.0 Å². The number of nitrogens with zero attached hydrogens (tertiary/aromatic N) is 3. The first-order valence-electron chi connectivity index (χ1n) is 5.10. The number of carbonyl (C=O) groups is 1. The van der Waals surface area contributed by atoms with Crippen molar-refractivity contribution in [2.45, 2.75) is 17.9 Å². The molecule has 0 aliphatic rings. The van der Waals surface area contributed by atoms with Crippen molar-refractivity contribution in [3.8, 4) is 5.75 Å². The van der Waals surface area contributed by atoms with Crippen molar-refractivity contribution in [1.82, 2.24) is 0 Å². The average molecular weight is 284 g/mol. The molecule has 0 amide bonds. The molecular weight excluding hydrogens is 272 g/mol. The molecule has 0 bridgehead atoms. The highest BCUT2D eigenvalue weighted by atomic mass is 32.2. The second-order valence-corrected chi connectivity index (χ2v) is 5.19. The summed E-state index contributed by atoms with van der Waals surface area (Å²) in [6, 6.07) is 2.85. The van der Waals surface area contributed by atoms with Gasteiger partial charge < -0.3 is 4.74 Å². The Morgan fingerprint density at radius 2 is 2.16 bits per heavy atom. The Bertz CT molecular complexity index is 649. The van der Waals surface area contributed by atoms with Crippen LogP contribution in [0.25, 0.3) is 10.4 Å². The van der Waals surface area contributed by atoms with Crippen LogP contribution in [0.5, 0.6) is 5.75 Å². The summed E-state index contributed by atoms with van der Waals surface area (Å²) < 4.78 is 27.6. The van der Waals surface area contributed by atoms with E-state index in [4.69, 9.17) is 15.4 Å². The molecule has 0 spiro atoms. The number of ketones is 1. The van der Waals surface area contributed by atoms with Crippen LogP contribution in [0.4, 0.5) is 0 Å². The van der Waals surface area contributed by atoms with Crippen LogP contribution in [0.2, 0.25) is 0 Å². The van der Waals surface area contributed by atoms with Crippen LogP contribution in [0, 0.1) is 0 Å². The molecule has 0 fully saturated rings. The van der Waals surface area contributed by atoms with E-state index in [0.717, 1.165) is 6.07 Å². The summed E-state index contributed by atoms with van der Waals surface area (Å²) in [7, 11) is -2.73. The van der Waals surface area contributed by atoms with E-state index in [1.807, 2.05) is 0 Å². The first-order chi connectivity index (χ1) is 8.81. The highest BCUT2D eigenvalue weighted by molar-refractivity contribution is 7.89. The van der Waals surface area contributed by atoms with E-state index in [9.17, 15) is 13.2 Å². The fraction of sp³-hybridized carbons (Fsp3) is 0.300. The fourth-order valence-corrected chi connectivity index (χ4v) is 2.15. The summed E-state index contributed by atoms with van der Waals surface area (Å²) >= 11 is 0. The zero-order chi connectivity index (χ0) is 14.6. The average Bonchev–Trinajstić information content (AvgIpc) is 2.36. The molecule has 0 radical (unpaired) electrons. The lowest BCUT2D eigenvalue weighted by Crippen LogP contribution is -2.17. The van der Waals surface area contributed by atoms with Crippen LogP contribution in [0.1, 0.15) is 17.3 Å². The molecule has 0 unspecified atom stereocenters. The van der Waals surface area contributed by atoms with Crippen molar-refractivity contribution < 1.29 is 17.9 Å². The summed E-state index contributed by atoms with van der Waals surface area (Å²) in [5, 5.41) is 8.29. The number of methoxy groups -OCH3 is 1. The van der Waals surface area contributed by atoms with Crippen molar-refractivity contribution in [2.75, 3.05) is 7.11 Å². The highest BCUT2D eigenvalue weighted by Crippen LogP contribution is 2.24. The molecular formula is C10H12N4O4S. The van der Waals surface area contributed by atoms with Crippen molar-refractivity contribution in [1.29, 1.82) is 0 Å². The van der Waals surface area contributed by atoms with Gasteiger partial charge in [0, 0.05) is 10.5 Å². The minimum Gasteiger partial charge on any atom is -0.495 e. The van der Waals surface area contributed by atoms with Gasteiger partial charge in [-0.05, 0) is 30.7 Å². The maximum atomic E-state index is 11.9. The minimum atomic E-state index is -4.02. The van der Waals surface area contributed by atoms with Gasteiger partial charge in [0.15, 0.2) is 5.78 Å². The topological polar surface area (TPSA) is 135 Å². The van der Waals surface area contributed by atoms with Crippen LogP contribution in [-0.4, -0.2) is 27.4 Å². The van der Waals surface area contributed by atoms with Crippen LogP contribution in [-0.2, 0) is 10.0 Å². The zero-order valence-electron chi connectivity index (χ0n) is 10.3. The number of primary sulfonamides is 1. The Kier molecular flexibility index (Phi) is 4.49. The van der Waals surface area contributed by atoms with Crippen LogP contribution in [0.3, 0.4) is 0 Å². The molecule has 9 heteroatoms. The fourth-order valence-electron chi connectivity index (χ4n) is 1.42. The first-order valence-corrected chi connectivity index (χ1v) is 6.65. The monoisotopic (exact) mass is 284 g/mol. The zero-order valence-corrected chi connectivity index (χ0v) is 11.1. The van der Waals surface area contributed by atoms with Crippen molar-refractivity contribution in [3.63, 3.8) is 0 Å². The van der Waals surface area contributed by atoms with Crippen molar-refractivity contribution in [2.24, 2.45) is 10.3 Å². The summed E-state index contributed by atoms with van der Waals surface area (Å²) in [6.45, 7) is 1.41. The van der Waals surface area contributed by atoms with Crippen LogP contribution < -0.4 is 9.88 Å². The maximum absolute atomic E-state index is 11.9. The first kappa shape index (κ1) is 15.0. The summed E-state index contributed by atoms with van der Waals surface area (Å²) in [6.07, 6.45) is 0. The SMILES string of the molecule is COc1ccc(C(=O)[C@H](C)N=[N+]=[N-])cc1S(N)(=O)=O. The van der Waals surface area contributed by atoms with Crippen molar-refractivity contribution >= 4 is 15.8 Å². The summed E-state index contributed by atoms with van der Waals surface area (Å²) in [4.78, 5) is 14.1. The number of rotatable bonds is 5. The quantitative estimate of drug-likeness (QED) is 0.376. The van der Waals surface area contributed by atoms with Gasteiger partial charge in [-0.3, -0.25) is 4.79 Å². The molecule has 0 saturated carbocycles. The van der Waals surface area contributed by atoms with Gasteiger partial charge >= 0.3 is 0 Å². The van der Waals surface area contributed by atoms with Gasteiger partial charge in [0.1, 0.15) is 10.6 Å². The number of ether oxygens (including phenoxy) is 1. The Balaban J connectivity index is 3.34. The molecule has 0 aliphatic carbocycles. The van der Waals surface area contributed by atoms with Crippen LogP contribution >= 0.6 is 0 Å². The Morgan fingerprint density at radius 1 is 1.53 bits per heavy atom. The predicted octanol–water partition coefficient (Wildman–Crippen LogP) is 1.22. The molecule has 0 aromatic heterocycles. The van der Waals surface area contributed by atoms with E-state index in [0.29, 0.717) is 0 Å². The third-order valence-corrected chi connectivity index (χ3v) is 3.29. The van der Waals surface area contributed by atoms with Gasteiger partial charge in [0.05, 0.1) is 13.2 Å². The van der Waals surface area contributed by atoms with E-state index >= 15 is 0 Å². The van der Waals surface area contributed by atoms with Crippen LogP contribution in [0.15, 0.2) is 28.2 Å². The second-order valence-electron chi connectivity index (χ2n) is 3.66. The molecule has 19 heavy (non-hydrogen) atoms. The van der Waals surface area contributed by atoms with Gasteiger partial charge in [0.25, 0.3) is 0 Å². The van der Waals surface area contributed by atoms with Gasteiger partial charge in [-0.15, -0.1) is 0 Å². The number of carbonyl (C=O) groups excluding carboxylic acids is 1. The minimum absolute atomic E-state index is 0.0375. The lowest BCUT2D eigenvalue weighted by Gasteiger charge is -2.09. The Labute approximate surface area is 109 Å². The third-order valence-electron chi connectivity index (χ3n) is 2.36. The molecule has 0 saturated heterocycles.